The number of anilines is 2. The van der Waals surface area contributed by atoms with E-state index in [9.17, 15) is 4.79 Å². The van der Waals surface area contributed by atoms with Gasteiger partial charge in [0.15, 0.2) is 11.6 Å². The van der Waals surface area contributed by atoms with Crippen LogP contribution in [0.1, 0.15) is 26.3 Å². The lowest BCUT2D eigenvalue weighted by Crippen LogP contribution is -2.50. The SMILES string of the molecule is CC(C)(C)c1ccc(NC(=O)N2CCN(c3ccc(-n4cccc4)nn3)CC2)cc1. The van der Waals surface area contributed by atoms with Crippen LogP contribution in [-0.2, 0) is 5.41 Å². The fourth-order valence-corrected chi connectivity index (χ4v) is 3.51. The normalized spacial score (nSPS) is 14.6. The van der Waals surface area contributed by atoms with Gasteiger partial charge in [0, 0.05) is 44.3 Å². The van der Waals surface area contributed by atoms with Crippen LogP contribution in [0.4, 0.5) is 16.3 Å². The molecule has 1 N–H and O–H groups in total. The molecule has 0 unspecified atom stereocenters. The molecule has 1 aromatic carbocycles. The Morgan fingerprint density at radius 3 is 2.03 bits per heavy atom. The highest BCUT2D eigenvalue weighted by atomic mass is 16.2. The van der Waals surface area contributed by atoms with Crippen LogP contribution in [0.3, 0.4) is 0 Å². The molecule has 0 spiro atoms. The largest absolute Gasteiger partial charge is 0.352 e. The molecule has 2 aromatic heterocycles. The number of carbonyl (C=O) groups is 1. The Kier molecular flexibility index (Phi) is 5.44. The summed E-state index contributed by atoms with van der Waals surface area (Å²) in [4.78, 5) is 16.6. The number of benzene rings is 1. The Bertz CT molecular complexity index is 966. The lowest BCUT2D eigenvalue weighted by atomic mass is 9.87. The highest BCUT2D eigenvalue weighted by molar-refractivity contribution is 5.89. The highest BCUT2D eigenvalue weighted by Crippen LogP contribution is 2.23. The Labute approximate surface area is 177 Å². The van der Waals surface area contributed by atoms with Crippen molar-refractivity contribution in [3.8, 4) is 5.82 Å². The third-order valence-corrected chi connectivity index (χ3v) is 5.40. The van der Waals surface area contributed by atoms with Gasteiger partial charge in [-0.05, 0) is 47.4 Å². The molecular weight excluding hydrogens is 376 g/mol. The van der Waals surface area contributed by atoms with Crippen molar-refractivity contribution < 1.29 is 4.79 Å². The summed E-state index contributed by atoms with van der Waals surface area (Å²) in [5.74, 6) is 1.63. The van der Waals surface area contributed by atoms with Crippen LogP contribution in [0, 0.1) is 0 Å². The van der Waals surface area contributed by atoms with Crippen LogP contribution >= 0.6 is 0 Å². The zero-order valence-corrected chi connectivity index (χ0v) is 17.7. The third-order valence-electron chi connectivity index (χ3n) is 5.40. The molecular formula is C23H28N6O. The number of urea groups is 1. The summed E-state index contributed by atoms with van der Waals surface area (Å²) in [6.07, 6.45) is 3.88. The molecule has 0 aliphatic carbocycles. The molecule has 0 bridgehead atoms. The molecule has 3 heterocycles. The number of piperazine rings is 1. The fraction of sp³-hybridized carbons (Fsp3) is 0.348. The average molecular weight is 405 g/mol. The average Bonchev–Trinajstić information content (AvgIpc) is 3.29. The van der Waals surface area contributed by atoms with E-state index in [0.29, 0.717) is 13.1 Å². The first-order valence-electron chi connectivity index (χ1n) is 10.3. The number of rotatable bonds is 3. The summed E-state index contributed by atoms with van der Waals surface area (Å²) in [6, 6.07) is 15.9. The number of aromatic nitrogens is 3. The van der Waals surface area contributed by atoms with Gasteiger partial charge in [-0.3, -0.25) is 0 Å². The number of amides is 2. The number of hydrogen-bond acceptors (Lipinski definition) is 4. The summed E-state index contributed by atoms with van der Waals surface area (Å²) in [5.41, 5.74) is 2.17. The Hall–Kier alpha value is -3.35. The molecule has 0 radical (unpaired) electrons. The first-order chi connectivity index (χ1) is 14.4. The minimum absolute atomic E-state index is 0.0628. The summed E-state index contributed by atoms with van der Waals surface area (Å²) >= 11 is 0. The minimum atomic E-state index is -0.0628. The predicted molar refractivity (Wildman–Crippen MR) is 119 cm³/mol. The number of nitrogens with one attached hydrogen (secondary N) is 1. The van der Waals surface area contributed by atoms with Crippen LogP contribution in [-0.4, -0.2) is 51.9 Å². The molecule has 0 saturated carbocycles. The lowest BCUT2D eigenvalue weighted by Gasteiger charge is -2.35. The van der Waals surface area contributed by atoms with Crippen LogP contribution in [0.15, 0.2) is 60.9 Å². The van der Waals surface area contributed by atoms with Crippen molar-refractivity contribution in [2.75, 3.05) is 36.4 Å². The Morgan fingerprint density at radius 2 is 1.47 bits per heavy atom. The van der Waals surface area contributed by atoms with E-state index in [-0.39, 0.29) is 11.4 Å². The zero-order chi connectivity index (χ0) is 21.1. The van der Waals surface area contributed by atoms with E-state index in [1.165, 1.54) is 5.56 Å². The molecule has 3 aromatic rings. The van der Waals surface area contributed by atoms with Gasteiger partial charge in [0.1, 0.15) is 0 Å². The van der Waals surface area contributed by atoms with E-state index in [2.05, 4.69) is 53.3 Å². The van der Waals surface area contributed by atoms with Crippen LogP contribution in [0.5, 0.6) is 0 Å². The summed E-state index contributed by atoms with van der Waals surface area (Å²) in [5, 5.41) is 11.7. The number of carbonyl (C=O) groups excluding carboxylic acids is 1. The standard InChI is InChI=1S/C23H28N6O/c1-23(2,3)18-6-8-19(9-7-18)24-22(30)29-16-14-28(15-17-29)21-11-10-20(25-26-21)27-12-4-5-13-27/h4-13H,14-17H2,1-3H3,(H,24,30). The van der Waals surface area contributed by atoms with Crippen molar-refractivity contribution in [2.45, 2.75) is 26.2 Å². The van der Waals surface area contributed by atoms with Gasteiger partial charge in [-0.25, -0.2) is 4.79 Å². The molecule has 7 heteroatoms. The molecule has 0 atom stereocenters. The summed E-state index contributed by atoms with van der Waals surface area (Å²) in [6.45, 7) is 9.29. The monoisotopic (exact) mass is 404 g/mol. The first kappa shape index (κ1) is 19.9. The van der Waals surface area contributed by atoms with E-state index in [0.717, 1.165) is 30.4 Å². The number of nitrogens with zero attached hydrogens (tertiary/aromatic N) is 5. The molecule has 2 amide bonds. The third kappa shape index (κ3) is 4.45. The minimum Gasteiger partial charge on any atom is -0.352 e. The van der Waals surface area contributed by atoms with Crippen LogP contribution in [0.2, 0.25) is 0 Å². The molecule has 1 fully saturated rings. The van der Waals surface area contributed by atoms with Crippen molar-refractivity contribution in [3.63, 3.8) is 0 Å². The maximum absolute atomic E-state index is 12.6. The van der Waals surface area contributed by atoms with Gasteiger partial charge >= 0.3 is 6.03 Å². The molecule has 1 aliphatic rings. The fourth-order valence-electron chi connectivity index (χ4n) is 3.51. The maximum Gasteiger partial charge on any atom is 0.321 e. The van der Waals surface area contributed by atoms with Gasteiger partial charge in [-0.15, -0.1) is 10.2 Å². The predicted octanol–water partition coefficient (Wildman–Crippen LogP) is 3.92. The topological polar surface area (TPSA) is 66.3 Å². The van der Waals surface area contributed by atoms with Crippen LogP contribution in [0.25, 0.3) is 5.82 Å². The zero-order valence-electron chi connectivity index (χ0n) is 17.7. The van der Waals surface area contributed by atoms with Gasteiger partial charge in [-0.1, -0.05) is 32.9 Å². The van der Waals surface area contributed by atoms with Crippen molar-refractivity contribution in [1.82, 2.24) is 19.7 Å². The first-order valence-corrected chi connectivity index (χ1v) is 10.3. The second-order valence-corrected chi connectivity index (χ2v) is 8.57. The van der Waals surface area contributed by atoms with Gasteiger partial charge in [0.05, 0.1) is 0 Å². The van der Waals surface area contributed by atoms with Gasteiger partial charge < -0.3 is 19.7 Å². The molecule has 1 aliphatic heterocycles. The van der Waals surface area contributed by atoms with Crippen molar-refractivity contribution >= 4 is 17.5 Å². The highest BCUT2D eigenvalue weighted by Gasteiger charge is 2.22. The molecule has 30 heavy (non-hydrogen) atoms. The Balaban J connectivity index is 1.31. The van der Waals surface area contributed by atoms with Gasteiger partial charge in [0.25, 0.3) is 0 Å². The van der Waals surface area contributed by atoms with E-state index in [4.69, 9.17) is 0 Å². The Morgan fingerprint density at radius 1 is 0.867 bits per heavy atom. The summed E-state index contributed by atoms with van der Waals surface area (Å²) < 4.78 is 1.92. The molecule has 7 nitrogen and oxygen atoms in total. The second-order valence-electron chi connectivity index (χ2n) is 8.57. The molecule has 1 saturated heterocycles. The van der Waals surface area contributed by atoms with Crippen LogP contribution < -0.4 is 10.2 Å². The van der Waals surface area contributed by atoms with E-state index in [1.807, 2.05) is 58.3 Å². The smallest absolute Gasteiger partial charge is 0.321 e. The van der Waals surface area contributed by atoms with Crippen molar-refractivity contribution in [3.05, 3.63) is 66.5 Å². The maximum atomic E-state index is 12.6. The lowest BCUT2D eigenvalue weighted by molar-refractivity contribution is 0.208. The molecule has 4 rings (SSSR count). The number of hydrogen-bond donors (Lipinski definition) is 1. The van der Waals surface area contributed by atoms with E-state index < -0.39 is 0 Å². The molecule has 156 valence electrons. The van der Waals surface area contributed by atoms with Gasteiger partial charge in [-0.2, -0.15) is 0 Å². The van der Waals surface area contributed by atoms with Gasteiger partial charge in [0.2, 0.25) is 0 Å². The summed E-state index contributed by atoms with van der Waals surface area (Å²) in [7, 11) is 0. The quantitative estimate of drug-likeness (QED) is 0.719. The van der Waals surface area contributed by atoms with E-state index in [1.54, 1.807) is 0 Å². The van der Waals surface area contributed by atoms with Crippen molar-refractivity contribution in [1.29, 1.82) is 0 Å². The van der Waals surface area contributed by atoms with E-state index >= 15 is 0 Å². The second kappa shape index (κ2) is 8.18. The van der Waals surface area contributed by atoms with Crippen molar-refractivity contribution in [2.24, 2.45) is 0 Å².